The van der Waals surface area contributed by atoms with Crippen LogP contribution >= 0.6 is 11.3 Å². The van der Waals surface area contributed by atoms with Crippen molar-refractivity contribution < 1.29 is 0 Å². The second kappa shape index (κ2) is 6.35. The van der Waals surface area contributed by atoms with E-state index in [9.17, 15) is 0 Å². The van der Waals surface area contributed by atoms with Crippen molar-refractivity contribution >= 4 is 21.6 Å². The second-order valence-electron chi connectivity index (χ2n) is 5.97. The van der Waals surface area contributed by atoms with Crippen LogP contribution in [0.5, 0.6) is 0 Å². The van der Waals surface area contributed by atoms with E-state index in [1.807, 2.05) is 6.20 Å². The van der Waals surface area contributed by atoms with E-state index in [0.29, 0.717) is 0 Å². The summed E-state index contributed by atoms with van der Waals surface area (Å²) >= 11 is 1.78. The molecule has 23 heavy (non-hydrogen) atoms. The van der Waals surface area contributed by atoms with E-state index in [4.69, 9.17) is 9.97 Å². The summed E-state index contributed by atoms with van der Waals surface area (Å²) in [4.78, 5) is 12.1. The molecule has 0 radical (unpaired) electrons. The van der Waals surface area contributed by atoms with Gasteiger partial charge in [0.05, 0.1) is 15.9 Å². The number of fused-ring (bicyclic) bond motifs is 1. The van der Waals surface area contributed by atoms with E-state index in [1.54, 1.807) is 11.3 Å². The van der Waals surface area contributed by atoms with Crippen LogP contribution in [0.25, 0.3) is 10.2 Å². The number of para-hydroxylation sites is 1. The maximum atomic E-state index is 4.90. The molecule has 118 valence electrons. The Balaban J connectivity index is 1.78. The van der Waals surface area contributed by atoms with Gasteiger partial charge >= 0.3 is 0 Å². The molecular weight excluding hydrogens is 304 g/mol. The van der Waals surface area contributed by atoms with Crippen molar-refractivity contribution in [3.05, 3.63) is 58.9 Å². The van der Waals surface area contributed by atoms with E-state index in [1.165, 1.54) is 10.3 Å². The molecule has 0 saturated carbocycles. The van der Waals surface area contributed by atoms with Crippen molar-refractivity contribution in [3.8, 4) is 0 Å². The van der Waals surface area contributed by atoms with Gasteiger partial charge in [0.25, 0.3) is 0 Å². The van der Waals surface area contributed by atoms with Gasteiger partial charge in [0.1, 0.15) is 11.0 Å². The highest BCUT2D eigenvalue weighted by atomic mass is 32.1. The number of aromatic nitrogens is 2. The summed E-state index contributed by atoms with van der Waals surface area (Å²) in [7, 11) is 0. The first-order chi connectivity index (χ1) is 11.3. The van der Waals surface area contributed by atoms with Crippen LogP contribution in [-0.4, -0.2) is 41.0 Å². The van der Waals surface area contributed by atoms with Gasteiger partial charge in [0.2, 0.25) is 0 Å². The summed E-state index contributed by atoms with van der Waals surface area (Å²) in [6.45, 7) is 6.17. The standard InChI is InChI=1S/C18H20N4S/c1-13-6-7-15(20-12-13)17(22-10-8-19-9-11-22)18-21-14-4-2-3-5-16(14)23-18/h2-7,12,17,19H,8-11H2,1H3. The third-order valence-electron chi connectivity index (χ3n) is 4.28. The number of hydrogen-bond donors (Lipinski definition) is 1. The van der Waals surface area contributed by atoms with Gasteiger partial charge in [-0.05, 0) is 30.7 Å². The first-order valence-electron chi connectivity index (χ1n) is 8.04. The SMILES string of the molecule is Cc1ccc(C(c2nc3ccccc3s2)N2CCNCC2)nc1. The lowest BCUT2D eigenvalue weighted by Gasteiger charge is -2.33. The molecule has 0 spiro atoms. The van der Waals surface area contributed by atoms with E-state index in [2.05, 4.69) is 53.5 Å². The number of pyridine rings is 1. The Kier molecular flexibility index (Phi) is 4.08. The minimum absolute atomic E-state index is 0.148. The Bertz CT molecular complexity index is 757. The number of hydrogen-bond acceptors (Lipinski definition) is 5. The first kappa shape index (κ1) is 14.8. The van der Waals surface area contributed by atoms with Crippen LogP contribution in [0.15, 0.2) is 42.6 Å². The molecular formula is C18H20N4S. The molecule has 1 aliphatic rings. The highest BCUT2D eigenvalue weighted by Crippen LogP contribution is 2.33. The highest BCUT2D eigenvalue weighted by molar-refractivity contribution is 7.18. The first-order valence-corrected chi connectivity index (χ1v) is 8.86. The van der Waals surface area contributed by atoms with E-state index in [0.717, 1.165) is 42.4 Å². The number of piperazine rings is 1. The number of benzene rings is 1. The molecule has 1 fully saturated rings. The molecule has 3 heterocycles. The number of nitrogens with zero attached hydrogens (tertiary/aromatic N) is 3. The van der Waals surface area contributed by atoms with Crippen LogP contribution < -0.4 is 5.32 Å². The summed E-state index contributed by atoms with van der Waals surface area (Å²) < 4.78 is 1.25. The Morgan fingerprint density at radius 3 is 2.70 bits per heavy atom. The van der Waals surface area contributed by atoms with Gasteiger partial charge in [0, 0.05) is 32.4 Å². The quantitative estimate of drug-likeness (QED) is 0.804. The van der Waals surface area contributed by atoms with Crippen LogP contribution in [0, 0.1) is 6.92 Å². The summed E-state index contributed by atoms with van der Waals surface area (Å²) in [6.07, 6.45) is 1.96. The Labute approximate surface area is 140 Å². The van der Waals surface area contributed by atoms with Crippen LogP contribution in [0.1, 0.15) is 22.3 Å². The zero-order valence-electron chi connectivity index (χ0n) is 13.2. The maximum absolute atomic E-state index is 4.90. The monoisotopic (exact) mass is 324 g/mol. The fraction of sp³-hybridized carbons (Fsp3) is 0.333. The largest absolute Gasteiger partial charge is 0.314 e. The van der Waals surface area contributed by atoms with E-state index >= 15 is 0 Å². The molecule has 0 aliphatic carbocycles. The molecule has 0 amide bonds. The molecule has 4 nitrogen and oxygen atoms in total. The third kappa shape index (κ3) is 3.00. The van der Waals surface area contributed by atoms with Crippen LogP contribution in [-0.2, 0) is 0 Å². The fourth-order valence-corrected chi connectivity index (χ4v) is 4.17. The number of thiazole rings is 1. The van der Waals surface area contributed by atoms with E-state index in [-0.39, 0.29) is 6.04 Å². The lowest BCUT2D eigenvalue weighted by molar-refractivity contribution is 0.195. The Hall–Kier alpha value is -1.82. The number of aryl methyl sites for hydroxylation is 1. The molecule has 1 aromatic carbocycles. The number of nitrogens with one attached hydrogen (secondary N) is 1. The van der Waals surface area contributed by atoms with Gasteiger partial charge in [0.15, 0.2) is 0 Å². The van der Waals surface area contributed by atoms with Gasteiger partial charge in [-0.15, -0.1) is 11.3 Å². The fourth-order valence-electron chi connectivity index (χ4n) is 3.06. The smallest absolute Gasteiger partial charge is 0.117 e. The zero-order valence-corrected chi connectivity index (χ0v) is 14.0. The van der Waals surface area contributed by atoms with Crippen LogP contribution in [0.2, 0.25) is 0 Å². The average molecular weight is 324 g/mol. The lowest BCUT2D eigenvalue weighted by atomic mass is 10.1. The zero-order chi connectivity index (χ0) is 15.6. The normalized spacial score (nSPS) is 17.4. The Morgan fingerprint density at radius 2 is 1.96 bits per heavy atom. The topological polar surface area (TPSA) is 41.1 Å². The predicted molar refractivity (Wildman–Crippen MR) is 94.9 cm³/mol. The average Bonchev–Trinajstić information content (AvgIpc) is 3.01. The summed E-state index contributed by atoms with van der Waals surface area (Å²) in [5.41, 5.74) is 3.37. The van der Waals surface area contributed by atoms with Crippen LogP contribution in [0.4, 0.5) is 0 Å². The van der Waals surface area contributed by atoms with Gasteiger partial charge in [-0.3, -0.25) is 9.88 Å². The molecule has 1 unspecified atom stereocenters. The molecule has 2 aromatic heterocycles. The molecule has 1 aliphatic heterocycles. The molecule has 5 heteroatoms. The molecule has 3 aromatic rings. The van der Waals surface area contributed by atoms with Crippen molar-refractivity contribution in [3.63, 3.8) is 0 Å². The third-order valence-corrected chi connectivity index (χ3v) is 5.36. The minimum Gasteiger partial charge on any atom is -0.314 e. The maximum Gasteiger partial charge on any atom is 0.117 e. The Morgan fingerprint density at radius 1 is 1.13 bits per heavy atom. The minimum atomic E-state index is 0.148. The molecule has 1 saturated heterocycles. The van der Waals surface area contributed by atoms with Gasteiger partial charge in [-0.1, -0.05) is 18.2 Å². The van der Waals surface area contributed by atoms with Crippen LogP contribution in [0.3, 0.4) is 0 Å². The van der Waals surface area contributed by atoms with Crippen molar-refractivity contribution in [2.75, 3.05) is 26.2 Å². The van der Waals surface area contributed by atoms with Crippen molar-refractivity contribution in [2.24, 2.45) is 0 Å². The second-order valence-corrected chi connectivity index (χ2v) is 7.03. The van der Waals surface area contributed by atoms with Crippen molar-refractivity contribution in [1.29, 1.82) is 0 Å². The summed E-state index contributed by atoms with van der Waals surface area (Å²) in [5, 5.41) is 4.57. The lowest BCUT2D eigenvalue weighted by Crippen LogP contribution is -2.45. The molecule has 4 rings (SSSR count). The highest BCUT2D eigenvalue weighted by Gasteiger charge is 2.27. The number of rotatable bonds is 3. The summed E-state index contributed by atoms with van der Waals surface area (Å²) in [5.74, 6) is 0. The van der Waals surface area contributed by atoms with Gasteiger partial charge in [-0.25, -0.2) is 4.98 Å². The summed E-state index contributed by atoms with van der Waals surface area (Å²) in [6, 6.07) is 12.8. The van der Waals surface area contributed by atoms with Gasteiger partial charge < -0.3 is 5.32 Å². The molecule has 1 atom stereocenters. The van der Waals surface area contributed by atoms with Crippen molar-refractivity contribution in [2.45, 2.75) is 13.0 Å². The molecule has 1 N–H and O–H groups in total. The predicted octanol–water partition coefficient (Wildman–Crippen LogP) is 2.99. The van der Waals surface area contributed by atoms with Gasteiger partial charge in [-0.2, -0.15) is 0 Å². The molecule has 0 bridgehead atoms. The van der Waals surface area contributed by atoms with Crippen molar-refractivity contribution in [1.82, 2.24) is 20.2 Å². The van der Waals surface area contributed by atoms with E-state index < -0.39 is 0 Å².